The molecule has 0 spiro atoms. The normalized spacial score (nSPS) is 14.9. The Morgan fingerprint density at radius 2 is 1.95 bits per heavy atom. The van der Waals surface area contributed by atoms with Crippen LogP contribution in [-0.4, -0.2) is 63.8 Å². The lowest BCUT2D eigenvalue weighted by Gasteiger charge is -2.15. The van der Waals surface area contributed by atoms with Gasteiger partial charge in [0.15, 0.2) is 0 Å². The molecule has 2 aromatic carbocycles. The molecule has 1 fully saturated rings. The quantitative estimate of drug-likeness (QED) is 0.374. The van der Waals surface area contributed by atoms with Gasteiger partial charge < -0.3 is 15.4 Å². The third kappa shape index (κ3) is 6.90. The first-order valence-electron chi connectivity index (χ1n) is 12.8. The molecule has 3 N–H and O–H groups in total. The molecule has 4 aromatic rings. The second kappa shape index (κ2) is 12.9. The zero-order chi connectivity index (χ0) is 27.8. The number of likely N-dealkylation sites (tertiary alicyclic amines) is 1. The van der Waals surface area contributed by atoms with Crippen molar-refractivity contribution in [1.29, 1.82) is 5.26 Å². The number of nitriles is 1. The minimum absolute atomic E-state index is 0.553. The summed E-state index contributed by atoms with van der Waals surface area (Å²) in [6.07, 6.45) is 4.81. The minimum Gasteiger partial charge on any atom is -0.383 e. The second-order valence-corrected chi connectivity index (χ2v) is 9.47. The third-order valence-electron chi connectivity index (χ3n) is 6.74. The van der Waals surface area contributed by atoms with Crippen molar-refractivity contribution >= 4 is 11.8 Å². The summed E-state index contributed by atoms with van der Waals surface area (Å²) in [5, 5.41) is 20.2. The highest BCUT2D eigenvalue weighted by molar-refractivity contribution is 5.89. The number of hydrogen-bond donors (Lipinski definition) is 2. The summed E-state index contributed by atoms with van der Waals surface area (Å²) in [5.74, 6) is 1.16. The Bertz CT molecular complexity index is 1420. The van der Waals surface area contributed by atoms with Crippen LogP contribution >= 0.6 is 0 Å². The molecule has 2 aromatic heterocycles. The molecule has 1 saturated heterocycles. The Balaban J connectivity index is 0.000000187. The lowest BCUT2D eigenvalue weighted by Crippen LogP contribution is -2.24. The van der Waals surface area contributed by atoms with Crippen LogP contribution in [0, 0.1) is 18.3 Å². The number of hydrogen-bond acceptors (Lipinski definition) is 6. The molecule has 10 nitrogen and oxygen atoms in total. The van der Waals surface area contributed by atoms with Crippen LogP contribution in [0.25, 0.3) is 16.9 Å². The van der Waals surface area contributed by atoms with Crippen molar-refractivity contribution in [2.24, 2.45) is 12.8 Å². The largest absolute Gasteiger partial charge is 0.383 e. The van der Waals surface area contributed by atoms with Gasteiger partial charge in [0.05, 0.1) is 30.1 Å². The van der Waals surface area contributed by atoms with Crippen LogP contribution in [0.4, 0.5) is 10.6 Å². The molecule has 1 unspecified atom stereocenters. The lowest BCUT2D eigenvalue weighted by molar-refractivity contribution is 0.160. The van der Waals surface area contributed by atoms with E-state index in [0.29, 0.717) is 11.7 Å². The van der Waals surface area contributed by atoms with Crippen LogP contribution in [0.1, 0.15) is 29.0 Å². The van der Waals surface area contributed by atoms with E-state index < -0.39 is 6.03 Å². The molecule has 0 bridgehead atoms. The first kappa shape index (κ1) is 27.6. The van der Waals surface area contributed by atoms with E-state index >= 15 is 0 Å². The number of aromatic nitrogens is 4. The average Bonchev–Trinajstić information content (AvgIpc) is 3.68. The first-order chi connectivity index (χ1) is 18.9. The maximum Gasteiger partial charge on any atom is 0.317 e. The fourth-order valence-corrected chi connectivity index (χ4v) is 4.69. The predicted molar refractivity (Wildman–Crippen MR) is 151 cm³/mol. The van der Waals surface area contributed by atoms with E-state index in [0.717, 1.165) is 54.3 Å². The zero-order valence-corrected chi connectivity index (χ0v) is 22.5. The predicted octanol–water partition coefficient (Wildman–Crippen LogP) is 4.07. The van der Waals surface area contributed by atoms with E-state index in [9.17, 15) is 4.79 Å². The average molecular weight is 527 g/mol. The molecular weight excluding hydrogens is 492 g/mol. The van der Waals surface area contributed by atoms with Gasteiger partial charge in [-0.15, -0.1) is 0 Å². The molecule has 10 heteroatoms. The van der Waals surface area contributed by atoms with Gasteiger partial charge in [0.1, 0.15) is 11.5 Å². The van der Waals surface area contributed by atoms with Crippen LogP contribution in [0.15, 0.2) is 67.0 Å². The van der Waals surface area contributed by atoms with Gasteiger partial charge in [-0.2, -0.15) is 15.5 Å². The van der Waals surface area contributed by atoms with Crippen molar-refractivity contribution in [3.05, 3.63) is 83.7 Å². The Hall–Kier alpha value is -4.46. The monoisotopic (exact) mass is 526 g/mol. The maximum atomic E-state index is 11.3. The van der Waals surface area contributed by atoms with Crippen LogP contribution < -0.4 is 11.1 Å². The zero-order valence-electron chi connectivity index (χ0n) is 22.5. The fraction of sp³-hybridized carbons (Fsp3) is 0.310. The van der Waals surface area contributed by atoms with Crippen LogP contribution in [0.5, 0.6) is 0 Å². The number of aryl methyl sites for hydroxylation is 1. The Kier molecular flexibility index (Phi) is 9.10. The highest BCUT2D eigenvalue weighted by Gasteiger charge is 2.23. The van der Waals surface area contributed by atoms with Crippen LogP contribution in [-0.2, 0) is 11.8 Å². The molecule has 1 atom stereocenters. The van der Waals surface area contributed by atoms with Gasteiger partial charge in [0.2, 0.25) is 0 Å². The number of ether oxygens (including phenoxy) is 1. The number of anilines is 1. The SMILES string of the molecule is COCCN1CCC(c2ccc(C#N)cc2)C1.Cc1c(-c2cnn(C)c2)nn(-c2ccccc2)c1NC(N)=O. The van der Waals surface area contributed by atoms with Crippen molar-refractivity contribution < 1.29 is 9.53 Å². The van der Waals surface area contributed by atoms with E-state index in [1.807, 2.05) is 62.6 Å². The lowest BCUT2D eigenvalue weighted by atomic mass is 9.97. The molecule has 2 amide bonds. The molecular formula is C29H34N8O2. The van der Waals surface area contributed by atoms with Crippen molar-refractivity contribution in [1.82, 2.24) is 24.5 Å². The van der Waals surface area contributed by atoms with Gasteiger partial charge in [-0.25, -0.2) is 9.48 Å². The number of amides is 2. The summed E-state index contributed by atoms with van der Waals surface area (Å²) in [5.41, 5.74) is 10.7. The number of carbonyl (C=O) groups excluding carboxylic acids is 1. The highest BCUT2D eigenvalue weighted by Crippen LogP contribution is 2.30. The minimum atomic E-state index is -0.627. The Morgan fingerprint density at radius 1 is 1.21 bits per heavy atom. The second-order valence-electron chi connectivity index (χ2n) is 9.47. The number of urea groups is 1. The molecule has 1 aliphatic heterocycles. The number of primary amides is 1. The van der Waals surface area contributed by atoms with Gasteiger partial charge in [0.25, 0.3) is 0 Å². The highest BCUT2D eigenvalue weighted by atomic mass is 16.5. The summed E-state index contributed by atoms with van der Waals surface area (Å²) in [6.45, 7) is 5.96. The molecule has 0 saturated carbocycles. The van der Waals surface area contributed by atoms with E-state index in [1.54, 1.807) is 22.7 Å². The van der Waals surface area contributed by atoms with Gasteiger partial charge >= 0.3 is 6.03 Å². The van der Waals surface area contributed by atoms with Crippen molar-refractivity contribution in [3.8, 4) is 23.0 Å². The summed E-state index contributed by atoms with van der Waals surface area (Å²) in [6, 6.07) is 19.1. The van der Waals surface area contributed by atoms with E-state index in [4.69, 9.17) is 15.7 Å². The van der Waals surface area contributed by atoms with Crippen molar-refractivity contribution in [3.63, 3.8) is 0 Å². The molecule has 5 rings (SSSR count). The molecule has 202 valence electrons. The third-order valence-corrected chi connectivity index (χ3v) is 6.74. The van der Waals surface area contributed by atoms with Gasteiger partial charge in [0, 0.05) is 44.6 Å². The number of rotatable bonds is 7. The number of nitrogens with two attached hydrogens (primary N) is 1. The molecule has 3 heterocycles. The van der Waals surface area contributed by atoms with E-state index in [1.165, 1.54) is 12.0 Å². The standard InChI is InChI=1S/C15H16N6O.C14H18N2O/c1-10-13(11-8-17-20(2)9-11)19-21(14(10)18-15(16)22)12-6-4-3-5-7-12;1-17-9-8-16-7-6-14(11-16)13-4-2-12(10-15)3-5-13/h3-9H,1-2H3,(H3,16,18,22);2-5,14H,6-9,11H2,1H3. The van der Waals surface area contributed by atoms with E-state index in [-0.39, 0.29) is 0 Å². The summed E-state index contributed by atoms with van der Waals surface area (Å²) in [7, 11) is 3.59. The molecule has 39 heavy (non-hydrogen) atoms. The van der Waals surface area contributed by atoms with Crippen LogP contribution in [0.2, 0.25) is 0 Å². The van der Waals surface area contributed by atoms with Gasteiger partial charge in [-0.3, -0.25) is 10.00 Å². The van der Waals surface area contributed by atoms with Gasteiger partial charge in [-0.1, -0.05) is 30.3 Å². The fourth-order valence-electron chi connectivity index (χ4n) is 4.69. The number of benzene rings is 2. The number of carbonyl (C=O) groups is 1. The van der Waals surface area contributed by atoms with Crippen molar-refractivity contribution in [2.45, 2.75) is 19.3 Å². The van der Waals surface area contributed by atoms with Crippen LogP contribution in [0.3, 0.4) is 0 Å². The molecule has 0 aliphatic carbocycles. The summed E-state index contributed by atoms with van der Waals surface area (Å²) in [4.78, 5) is 13.7. The van der Waals surface area contributed by atoms with E-state index in [2.05, 4.69) is 38.6 Å². The summed E-state index contributed by atoms with van der Waals surface area (Å²) < 4.78 is 8.47. The van der Waals surface area contributed by atoms with Gasteiger partial charge in [-0.05, 0) is 55.6 Å². The summed E-state index contributed by atoms with van der Waals surface area (Å²) >= 11 is 0. The topological polar surface area (TPSA) is 127 Å². The smallest absolute Gasteiger partial charge is 0.317 e. The number of methoxy groups -OCH3 is 1. The Morgan fingerprint density at radius 3 is 2.56 bits per heavy atom. The Labute approximate surface area is 228 Å². The number of para-hydroxylation sites is 1. The number of nitrogens with one attached hydrogen (secondary N) is 1. The molecule has 1 aliphatic rings. The van der Waals surface area contributed by atoms with Crippen molar-refractivity contribution in [2.75, 3.05) is 38.7 Å². The first-order valence-corrected chi connectivity index (χ1v) is 12.8. The maximum absolute atomic E-state index is 11.3. The number of nitrogens with zero attached hydrogens (tertiary/aromatic N) is 6. The molecule has 0 radical (unpaired) electrons.